The topological polar surface area (TPSA) is 84.5 Å². The van der Waals surface area contributed by atoms with E-state index < -0.39 is 5.97 Å². The number of carbonyl (C=O) groups is 3. The van der Waals surface area contributed by atoms with Crippen LogP contribution < -0.4 is 10.6 Å². The van der Waals surface area contributed by atoms with Gasteiger partial charge in [0.05, 0.1) is 17.0 Å². The number of nitrogens with one attached hydrogen (secondary N) is 2. The van der Waals surface area contributed by atoms with E-state index in [2.05, 4.69) is 10.6 Å². The second-order valence-electron chi connectivity index (χ2n) is 5.87. The lowest BCUT2D eigenvalue weighted by Crippen LogP contribution is -2.25. The van der Waals surface area contributed by atoms with E-state index in [9.17, 15) is 14.4 Å². The molecule has 2 amide bonds. The summed E-state index contributed by atoms with van der Waals surface area (Å²) in [6, 6.07) is 9.85. The molecule has 0 atom stereocenters. The third-order valence-electron chi connectivity index (χ3n) is 3.95. The molecule has 0 fully saturated rings. The summed E-state index contributed by atoms with van der Waals surface area (Å²) in [5, 5.41) is 5.92. The lowest BCUT2D eigenvalue weighted by Gasteiger charge is -2.06. The number of benzene rings is 1. The van der Waals surface area contributed by atoms with Crippen LogP contribution in [-0.2, 0) is 16.0 Å². The van der Waals surface area contributed by atoms with Crippen LogP contribution in [0.3, 0.4) is 0 Å². The first kappa shape index (κ1) is 20.6. The van der Waals surface area contributed by atoms with E-state index in [1.165, 1.54) is 0 Å². The van der Waals surface area contributed by atoms with Crippen LogP contribution in [0, 0.1) is 6.92 Å². The minimum absolute atomic E-state index is 0.216. The summed E-state index contributed by atoms with van der Waals surface area (Å²) in [4.78, 5) is 37.1. The number of ether oxygens (including phenoxy) is 1. The van der Waals surface area contributed by atoms with Crippen molar-refractivity contribution in [2.75, 3.05) is 18.5 Å². The highest BCUT2D eigenvalue weighted by atomic mass is 32.1. The van der Waals surface area contributed by atoms with Crippen LogP contribution in [0.2, 0.25) is 0 Å². The molecule has 144 valence electrons. The lowest BCUT2D eigenvalue weighted by atomic mass is 10.1. The van der Waals surface area contributed by atoms with E-state index in [1.807, 2.05) is 30.3 Å². The van der Waals surface area contributed by atoms with Crippen molar-refractivity contribution in [2.24, 2.45) is 0 Å². The van der Waals surface area contributed by atoms with Crippen LogP contribution in [0.15, 0.2) is 30.3 Å². The maximum Gasteiger partial charge on any atom is 0.341 e. The quantitative estimate of drug-likeness (QED) is 0.677. The van der Waals surface area contributed by atoms with Gasteiger partial charge in [-0.25, -0.2) is 4.79 Å². The highest BCUT2D eigenvalue weighted by molar-refractivity contribution is 7.18. The Kier molecular flexibility index (Phi) is 7.55. The fourth-order valence-electron chi connectivity index (χ4n) is 2.53. The van der Waals surface area contributed by atoms with Gasteiger partial charge in [-0.3, -0.25) is 9.59 Å². The SMILES string of the molecule is CCOC(=O)c1c(NC(=O)CC)sc(C(=O)NCCc2ccccc2)c1C. The van der Waals surface area contributed by atoms with Crippen molar-refractivity contribution in [2.45, 2.75) is 33.6 Å². The average molecular weight is 388 g/mol. The molecule has 7 heteroatoms. The average Bonchev–Trinajstić information content (AvgIpc) is 2.98. The molecule has 0 saturated carbocycles. The largest absolute Gasteiger partial charge is 0.462 e. The third-order valence-corrected chi connectivity index (χ3v) is 5.15. The molecule has 0 bridgehead atoms. The van der Waals surface area contributed by atoms with Crippen LogP contribution in [0.1, 0.15) is 51.4 Å². The smallest absolute Gasteiger partial charge is 0.341 e. The Balaban J connectivity index is 2.16. The maximum absolute atomic E-state index is 12.6. The van der Waals surface area contributed by atoms with Crippen molar-refractivity contribution >= 4 is 34.1 Å². The summed E-state index contributed by atoms with van der Waals surface area (Å²) in [5.41, 5.74) is 1.89. The van der Waals surface area contributed by atoms with Crippen molar-refractivity contribution in [3.8, 4) is 0 Å². The van der Waals surface area contributed by atoms with Gasteiger partial charge in [0.1, 0.15) is 5.00 Å². The molecule has 2 aromatic rings. The Morgan fingerprint density at radius 3 is 2.44 bits per heavy atom. The molecular formula is C20H24N2O4S. The number of rotatable bonds is 8. The van der Waals surface area contributed by atoms with Crippen molar-refractivity contribution in [1.82, 2.24) is 5.32 Å². The van der Waals surface area contributed by atoms with E-state index in [1.54, 1.807) is 20.8 Å². The first-order valence-corrected chi connectivity index (χ1v) is 9.72. The highest BCUT2D eigenvalue weighted by Crippen LogP contribution is 2.33. The molecule has 1 aromatic carbocycles. The number of hydrogen-bond donors (Lipinski definition) is 2. The van der Waals surface area contributed by atoms with Crippen LogP contribution in [0.5, 0.6) is 0 Å². The second kappa shape index (κ2) is 9.87. The molecule has 0 aliphatic carbocycles. The highest BCUT2D eigenvalue weighted by Gasteiger charge is 2.26. The number of hydrogen-bond acceptors (Lipinski definition) is 5. The van der Waals surface area contributed by atoms with Gasteiger partial charge in [-0.05, 0) is 31.4 Å². The van der Waals surface area contributed by atoms with Gasteiger partial charge in [-0.2, -0.15) is 0 Å². The maximum atomic E-state index is 12.6. The number of thiophene rings is 1. The van der Waals surface area contributed by atoms with Gasteiger partial charge in [0, 0.05) is 13.0 Å². The van der Waals surface area contributed by atoms with Crippen LogP contribution in [-0.4, -0.2) is 30.9 Å². The summed E-state index contributed by atoms with van der Waals surface area (Å²) in [6.07, 6.45) is 0.985. The first-order valence-electron chi connectivity index (χ1n) is 8.90. The fourth-order valence-corrected chi connectivity index (χ4v) is 3.66. The van der Waals surface area contributed by atoms with Gasteiger partial charge in [0.15, 0.2) is 0 Å². The monoisotopic (exact) mass is 388 g/mol. The predicted octanol–water partition coefficient (Wildman–Crippen LogP) is 3.55. The van der Waals surface area contributed by atoms with E-state index in [0.29, 0.717) is 28.4 Å². The number of anilines is 1. The zero-order valence-electron chi connectivity index (χ0n) is 15.8. The zero-order chi connectivity index (χ0) is 19.8. The molecule has 0 unspecified atom stereocenters. The summed E-state index contributed by atoms with van der Waals surface area (Å²) >= 11 is 1.09. The van der Waals surface area contributed by atoms with E-state index >= 15 is 0 Å². The molecule has 2 rings (SSSR count). The molecule has 0 aliphatic heterocycles. The molecule has 0 spiro atoms. The molecular weight excluding hydrogens is 364 g/mol. The first-order chi connectivity index (χ1) is 13.0. The van der Waals surface area contributed by atoms with Gasteiger partial charge in [-0.15, -0.1) is 11.3 Å². The Bertz CT molecular complexity index is 815. The number of carbonyl (C=O) groups excluding carboxylic acids is 3. The van der Waals surface area contributed by atoms with Crippen molar-refractivity contribution in [3.05, 3.63) is 51.9 Å². The van der Waals surface area contributed by atoms with Crippen LogP contribution in [0.4, 0.5) is 5.00 Å². The minimum Gasteiger partial charge on any atom is -0.462 e. The Morgan fingerprint density at radius 2 is 1.81 bits per heavy atom. The molecule has 2 N–H and O–H groups in total. The third kappa shape index (κ3) is 5.40. The van der Waals surface area contributed by atoms with Crippen molar-refractivity contribution < 1.29 is 19.1 Å². The molecule has 0 aliphatic rings. The Morgan fingerprint density at radius 1 is 1.11 bits per heavy atom. The van der Waals surface area contributed by atoms with E-state index in [0.717, 1.165) is 16.9 Å². The minimum atomic E-state index is -0.541. The Labute approximate surface area is 162 Å². The summed E-state index contributed by atoms with van der Waals surface area (Å²) < 4.78 is 5.08. The zero-order valence-corrected chi connectivity index (χ0v) is 16.6. The summed E-state index contributed by atoms with van der Waals surface area (Å²) in [6.45, 7) is 5.81. The molecule has 1 aromatic heterocycles. The van der Waals surface area contributed by atoms with Gasteiger partial charge in [0.2, 0.25) is 5.91 Å². The summed E-state index contributed by atoms with van der Waals surface area (Å²) in [7, 11) is 0. The second-order valence-corrected chi connectivity index (χ2v) is 6.89. The van der Waals surface area contributed by atoms with Crippen LogP contribution >= 0.6 is 11.3 Å². The van der Waals surface area contributed by atoms with Crippen molar-refractivity contribution in [3.63, 3.8) is 0 Å². The molecule has 0 radical (unpaired) electrons. The van der Waals surface area contributed by atoms with Crippen molar-refractivity contribution in [1.29, 1.82) is 0 Å². The molecule has 1 heterocycles. The van der Waals surface area contributed by atoms with Gasteiger partial charge >= 0.3 is 5.97 Å². The molecule has 0 saturated heterocycles. The van der Waals surface area contributed by atoms with Crippen LogP contribution in [0.25, 0.3) is 0 Å². The predicted molar refractivity (Wildman–Crippen MR) is 106 cm³/mol. The number of esters is 1. The van der Waals surface area contributed by atoms with Gasteiger partial charge in [0.25, 0.3) is 5.91 Å². The standard InChI is InChI=1S/C20H24N2O4S/c1-4-15(23)22-19-16(20(25)26-5-2)13(3)17(27-19)18(24)21-12-11-14-9-7-6-8-10-14/h6-10H,4-5,11-12H2,1-3H3,(H,21,24)(H,22,23). The fraction of sp³-hybridized carbons (Fsp3) is 0.350. The normalized spacial score (nSPS) is 10.3. The van der Waals surface area contributed by atoms with Gasteiger partial charge in [-0.1, -0.05) is 37.3 Å². The van der Waals surface area contributed by atoms with E-state index in [4.69, 9.17) is 4.74 Å². The Hall–Kier alpha value is -2.67. The summed E-state index contributed by atoms with van der Waals surface area (Å²) in [5.74, 6) is -1.03. The number of amides is 2. The van der Waals surface area contributed by atoms with Gasteiger partial charge < -0.3 is 15.4 Å². The molecule has 27 heavy (non-hydrogen) atoms. The lowest BCUT2D eigenvalue weighted by molar-refractivity contribution is -0.115. The van der Waals surface area contributed by atoms with E-state index in [-0.39, 0.29) is 30.4 Å². The molecule has 6 nitrogen and oxygen atoms in total.